The number of carbonyl (C=O) groups is 2. The highest BCUT2D eigenvalue weighted by Crippen LogP contribution is 2.17. The molecular weight excluding hydrogens is 144 g/mol. The Balaban J connectivity index is 2.48. The van der Waals surface area contributed by atoms with Gasteiger partial charge < -0.3 is 5.11 Å². The van der Waals surface area contributed by atoms with Crippen LogP contribution in [0.1, 0.15) is 25.7 Å². The normalized spacial score (nSPS) is 17.8. The lowest BCUT2D eigenvalue weighted by Gasteiger charge is -2.08. The second-order valence-electron chi connectivity index (χ2n) is 2.68. The van der Waals surface area contributed by atoms with E-state index in [0.29, 0.717) is 19.3 Å². The van der Waals surface area contributed by atoms with Crippen LogP contribution in [0.4, 0.5) is 0 Å². The van der Waals surface area contributed by atoms with E-state index in [0.717, 1.165) is 5.57 Å². The molecule has 0 radical (unpaired) electrons. The van der Waals surface area contributed by atoms with E-state index in [1.54, 1.807) is 6.08 Å². The zero-order chi connectivity index (χ0) is 8.27. The summed E-state index contributed by atoms with van der Waals surface area (Å²) in [7, 11) is 0. The first kappa shape index (κ1) is 7.98. The number of hydrogen-bond donors (Lipinski definition) is 1. The summed E-state index contributed by atoms with van der Waals surface area (Å²) in [6.45, 7) is 0. The Labute approximate surface area is 64.7 Å². The monoisotopic (exact) mass is 154 g/mol. The highest BCUT2D eigenvalue weighted by molar-refractivity contribution is 5.82. The summed E-state index contributed by atoms with van der Waals surface area (Å²) < 4.78 is 0. The van der Waals surface area contributed by atoms with E-state index in [4.69, 9.17) is 5.11 Å². The van der Waals surface area contributed by atoms with Gasteiger partial charge in [0.15, 0.2) is 0 Å². The summed E-state index contributed by atoms with van der Waals surface area (Å²) in [4.78, 5) is 20.9. The van der Waals surface area contributed by atoms with Gasteiger partial charge in [-0.3, -0.25) is 9.59 Å². The van der Waals surface area contributed by atoms with E-state index in [-0.39, 0.29) is 12.2 Å². The van der Waals surface area contributed by atoms with Crippen LogP contribution in [0.5, 0.6) is 0 Å². The average Bonchev–Trinajstić information content (AvgIpc) is 1.93. The molecule has 1 rings (SSSR count). The molecule has 0 bridgehead atoms. The van der Waals surface area contributed by atoms with Gasteiger partial charge in [-0.15, -0.1) is 0 Å². The predicted octanol–water partition coefficient (Wildman–Crippen LogP) is 1.14. The van der Waals surface area contributed by atoms with Crippen LogP contribution < -0.4 is 0 Å². The molecule has 0 heterocycles. The minimum absolute atomic E-state index is 0.0906. The van der Waals surface area contributed by atoms with E-state index in [9.17, 15) is 9.59 Å². The van der Waals surface area contributed by atoms with Crippen molar-refractivity contribution in [3.63, 3.8) is 0 Å². The van der Waals surface area contributed by atoms with Crippen molar-refractivity contribution in [3.8, 4) is 0 Å². The van der Waals surface area contributed by atoms with E-state index in [1.807, 2.05) is 0 Å². The Morgan fingerprint density at radius 1 is 1.55 bits per heavy atom. The van der Waals surface area contributed by atoms with E-state index in [2.05, 4.69) is 0 Å². The lowest BCUT2D eigenvalue weighted by Crippen LogP contribution is -2.06. The SMILES string of the molecule is O=C(O)CC1=CCC(=O)CC1. The number of carboxylic acids is 1. The summed E-state index contributed by atoms with van der Waals surface area (Å²) in [5.41, 5.74) is 0.886. The van der Waals surface area contributed by atoms with Gasteiger partial charge in [0, 0.05) is 12.8 Å². The molecule has 0 aliphatic heterocycles. The second-order valence-corrected chi connectivity index (χ2v) is 2.68. The van der Waals surface area contributed by atoms with Gasteiger partial charge >= 0.3 is 5.97 Å². The molecule has 0 atom stereocenters. The third-order valence-corrected chi connectivity index (χ3v) is 1.72. The number of ketones is 1. The number of hydrogen-bond acceptors (Lipinski definition) is 2. The van der Waals surface area contributed by atoms with Crippen molar-refractivity contribution in [2.24, 2.45) is 0 Å². The topological polar surface area (TPSA) is 54.4 Å². The molecule has 0 amide bonds. The van der Waals surface area contributed by atoms with Gasteiger partial charge in [-0.2, -0.15) is 0 Å². The van der Waals surface area contributed by atoms with Crippen LogP contribution in [0.3, 0.4) is 0 Å². The number of carbonyl (C=O) groups excluding carboxylic acids is 1. The van der Waals surface area contributed by atoms with Crippen molar-refractivity contribution in [3.05, 3.63) is 11.6 Å². The van der Waals surface area contributed by atoms with Gasteiger partial charge in [0.2, 0.25) is 0 Å². The van der Waals surface area contributed by atoms with Crippen LogP contribution in [0, 0.1) is 0 Å². The van der Waals surface area contributed by atoms with Crippen LogP contribution in [0.25, 0.3) is 0 Å². The summed E-state index contributed by atoms with van der Waals surface area (Å²) in [5.74, 6) is -0.607. The molecule has 0 aromatic rings. The van der Waals surface area contributed by atoms with Gasteiger partial charge in [0.05, 0.1) is 6.42 Å². The van der Waals surface area contributed by atoms with Crippen LogP contribution in [-0.4, -0.2) is 16.9 Å². The molecular formula is C8H10O3. The van der Waals surface area contributed by atoms with Crippen molar-refractivity contribution >= 4 is 11.8 Å². The number of allylic oxidation sites excluding steroid dienone is 1. The number of carboxylic acid groups (broad SMARTS) is 1. The first-order valence-corrected chi connectivity index (χ1v) is 3.60. The van der Waals surface area contributed by atoms with Crippen molar-refractivity contribution in [1.29, 1.82) is 0 Å². The maximum Gasteiger partial charge on any atom is 0.307 e. The molecule has 11 heavy (non-hydrogen) atoms. The Bertz CT molecular complexity index is 215. The summed E-state index contributed by atoms with van der Waals surface area (Å²) >= 11 is 0. The molecule has 3 nitrogen and oxygen atoms in total. The van der Waals surface area contributed by atoms with Gasteiger partial charge in [-0.05, 0) is 6.42 Å². The third-order valence-electron chi connectivity index (χ3n) is 1.72. The van der Waals surface area contributed by atoms with E-state index in [1.165, 1.54) is 0 Å². The predicted molar refractivity (Wildman–Crippen MR) is 39.2 cm³/mol. The van der Waals surface area contributed by atoms with Crippen molar-refractivity contribution in [2.75, 3.05) is 0 Å². The number of aliphatic carboxylic acids is 1. The van der Waals surface area contributed by atoms with Crippen molar-refractivity contribution < 1.29 is 14.7 Å². The Morgan fingerprint density at radius 3 is 2.73 bits per heavy atom. The molecule has 0 unspecified atom stereocenters. The molecule has 60 valence electrons. The zero-order valence-corrected chi connectivity index (χ0v) is 6.17. The fourth-order valence-electron chi connectivity index (χ4n) is 1.12. The van der Waals surface area contributed by atoms with Gasteiger partial charge in [0.1, 0.15) is 5.78 Å². The highest BCUT2D eigenvalue weighted by Gasteiger charge is 2.11. The van der Waals surface area contributed by atoms with Crippen molar-refractivity contribution in [1.82, 2.24) is 0 Å². The first-order valence-electron chi connectivity index (χ1n) is 3.60. The third kappa shape index (κ3) is 2.53. The molecule has 1 N–H and O–H groups in total. The van der Waals surface area contributed by atoms with Crippen LogP contribution in [-0.2, 0) is 9.59 Å². The summed E-state index contributed by atoms with van der Waals surface area (Å²) in [5, 5.41) is 8.41. The number of Topliss-reactive ketones (excluding diaryl/α,β-unsaturated/α-hetero) is 1. The van der Waals surface area contributed by atoms with Gasteiger partial charge in [-0.1, -0.05) is 11.6 Å². The largest absolute Gasteiger partial charge is 0.481 e. The van der Waals surface area contributed by atoms with Crippen LogP contribution in [0.2, 0.25) is 0 Å². The quantitative estimate of drug-likeness (QED) is 0.607. The molecule has 3 heteroatoms. The lowest BCUT2D eigenvalue weighted by molar-refractivity contribution is -0.136. The summed E-state index contributed by atoms with van der Waals surface area (Å²) in [6, 6.07) is 0. The zero-order valence-electron chi connectivity index (χ0n) is 6.17. The second kappa shape index (κ2) is 3.32. The molecule has 1 aliphatic rings. The van der Waals surface area contributed by atoms with Gasteiger partial charge in [0.25, 0.3) is 0 Å². The maximum atomic E-state index is 10.7. The molecule has 0 saturated carbocycles. The molecule has 0 spiro atoms. The Kier molecular flexibility index (Phi) is 2.41. The Hall–Kier alpha value is -1.12. The molecule has 0 saturated heterocycles. The van der Waals surface area contributed by atoms with Crippen molar-refractivity contribution in [2.45, 2.75) is 25.7 Å². The fraction of sp³-hybridized carbons (Fsp3) is 0.500. The number of rotatable bonds is 2. The van der Waals surface area contributed by atoms with E-state index < -0.39 is 5.97 Å². The minimum Gasteiger partial charge on any atom is -0.481 e. The molecule has 0 fully saturated rings. The fourth-order valence-corrected chi connectivity index (χ4v) is 1.12. The Morgan fingerprint density at radius 2 is 2.27 bits per heavy atom. The highest BCUT2D eigenvalue weighted by atomic mass is 16.4. The molecule has 0 aromatic carbocycles. The molecule has 1 aliphatic carbocycles. The first-order chi connectivity index (χ1) is 5.18. The smallest absolute Gasteiger partial charge is 0.307 e. The maximum absolute atomic E-state index is 10.7. The standard InChI is InChI=1S/C8H10O3/c9-7-3-1-6(2-4-7)5-8(10)11/h1H,2-5H2,(H,10,11). The van der Waals surface area contributed by atoms with Crippen LogP contribution >= 0.6 is 0 Å². The minimum atomic E-state index is -0.814. The lowest BCUT2D eigenvalue weighted by atomic mass is 9.96. The summed E-state index contributed by atoms with van der Waals surface area (Å²) in [6.07, 6.45) is 3.39. The molecule has 0 aromatic heterocycles. The van der Waals surface area contributed by atoms with Gasteiger partial charge in [-0.25, -0.2) is 0 Å². The van der Waals surface area contributed by atoms with E-state index >= 15 is 0 Å². The van der Waals surface area contributed by atoms with Crippen LogP contribution in [0.15, 0.2) is 11.6 Å². The average molecular weight is 154 g/mol.